The zero-order valence-corrected chi connectivity index (χ0v) is 12.4. The van der Waals surface area contributed by atoms with Crippen LogP contribution < -0.4 is 0 Å². The Labute approximate surface area is 122 Å². The zero-order valence-electron chi connectivity index (χ0n) is 12.4. The van der Waals surface area contributed by atoms with Gasteiger partial charge in [0.15, 0.2) is 0 Å². The third-order valence-corrected chi connectivity index (χ3v) is 3.05. The van der Waals surface area contributed by atoms with Crippen LogP contribution in [-0.4, -0.2) is 21.1 Å². The summed E-state index contributed by atoms with van der Waals surface area (Å²) in [6, 6.07) is 9.72. The summed E-state index contributed by atoms with van der Waals surface area (Å²) in [7, 11) is 0. The molecule has 0 aliphatic rings. The summed E-state index contributed by atoms with van der Waals surface area (Å²) >= 11 is 0. The van der Waals surface area contributed by atoms with Gasteiger partial charge in [0.25, 0.3) is 0 Å². The van der Waals surface area contributed by atoms with E-state index in [2.05, 4.69) is 10.3 Å². The van der Waals surface area contributed by atoms with Crippen LogP contribution >= 0.6 is 0 Å². The second-order valence-corrected chi connectivity index (χ2v) is 5.95. The molecule has 114 valence electrons. The lowest BCUT2D eigenvalue weighted by molar-refractivity contribution is -0.301. The predicted octanol–water partition coefficient (Wildman–Crippen LogP) is 3.48. The first kappa shape index (κ1) is 15.6. The highest BCUT2D eigenvalue weighted by molar-refractivity contribution is 5.14. The zero-order chi connectivity index (χ0) is 15.5. The first-order valence-corrected chi connectivity index (χ1v) is 6.73. The minimum absolute atomic E-state index is 0.265. The van der Waals surface area contributed by atoms with Gasteiger partial charge in [-0.3, -0.25) is 0 Å². The third kappa shape index (κ3) is 4.07. The molecule has 0 amide bonds. The van der Waals surface area contributed by atoms with Crippen molar-refractivity contribution in [3.63, 3.8) is 0 Å². The van der Waals surface area contributed by atoms with Crippen molar-refractivity contribution in [2.24, 2.45) is 5.41 Å². The molecule has 0 N–H and O–H groups in total. The van der Waals surface area contributed by atoms with Gasteiger partial charge in [-0.15, -0.1) is 5.10 Å². The van der Waals surface area contributed by atoms with Gasteiger partial charge in [-0.2, -0.15) is 8.78 Å². The Morgan fingerprint density at radius 1 is 1.14 bits per heavy atom. The van der Waals surface area contributed by atoms with E-state index in [0.29, 0.717) is 12.2 Å². The monoisotopic (exact) mass is 295 g/mol. The van der Waals surface area contributed by atoms with E-state index in [-0.39, 0.29) is 6.61 Å². The summed E-state index contributed by atoms with van der Waals surface area (Å²) in [5.41, 5.74) is 0.192. The van der Waals surface area contributed by atoms with E-state index in [0.717, 1.165) is 5.56 Å². The predicted molar refractivity (Wildman–Crippen MR) is 74.8 cm³/mol. The minimum Gasteiger partial charge on any atom is -0.313 e. The van der Waals surface area contributed by atoms with E-state index in [1.165, 1.54) is 20.8 Å². The van der Waals surface area contributed by atoms with E-state index < -0.39 is 11.5 Å². The van der Waals surface area contributed by atoms with Crippen LogP contribution in [-0.2, 0) is 17.9 Å². The Bertz CT molecular complexity index is 576. The molecule has 0 bridgehead atoms. The molecule has 0 aliphatic heterocycles. The van der Waals surface area contributed by atoms with Gasteiger partial charge in [0.2, 0.25) is 0 Å². The number of benzene rings is 1. The highest BCUT2D eigenvalue weighted by Gasteiger charge is 2.44. The molecule has 0 atom stereocenters. The molecule has 1 heterocycles. The van der Waals surface area contributed by atoms with Crippen molar-refractivity contribution in [2.45, 2.75) is 40.0 Å². The quantitative estimate of drug-likeness (QED) is 0.848. The number of alkyl halides is 2. The van der Waals surface area contributed by atoms with E-state index in [1.54, 1.807) is 10.9 Å². The van der Waals surface area contributed by atoms with Crippen LogP contribution in [0.1, 0.15) is 32.0 Å². The standard InChI is InChI=1S/C15H19F2N3O/c1-14(2,3)15(16,17)21-11-13-10-20(19-18-13)9-12-7-5-4-6-8-12/h4-8,10H,9,11H2,1-3H3. The maximum atomic E-state index is 13.7. The van der Waals surface area contributed by atoms with Gasteiger partial charge in [-0.05, 0) is 5.56 Å². The summed E-state index contributed by atoms with van der Waals surface area (Å²) in [4.78, 5) is 0. The van der Waals surface area contributed by atoms with Crippen molar-refractivity contribution in [2.75, 3.05) is 0 Å². The lowest BCUT2D eigenvalue weighted by atomic mass is 9.95. The normalized spacial score (nSPS) is 12.6. The SMILES string of the molecule is CC(C)(C)C(F)(F)OCc1cn(Cc2ccccc2)nn1. The van der Waals surface area contributed by atoms with Crippen LogP contribution in [0.25, 0.3) is 0 Å². The number of rotatable bonds is 5. The first-order valence-electron chi connectivity index (χ1n) is 6.73. The van der Waals surface area contributed by atoms with Crippen LogP contribution in [0.4, 0.5) is 8.78 Å². The second-order valence-electron chi connectivity index (χ2n) is 5.95. The fourth-order valence-corrected chi connectivity index (χ4v) is 1.63. The molecule has 0 saturated carbocycles. The van der Waals surface area contributed by atoms with Gasteiger partial charge in [0.05, 0.1) is 24.8 Å². The molecule has 2 aromatic rings. The molecule has 6 heteroatoms. The molecule has 0 aliphatic carbocycles. The van der Waals surface area contributed by atoms with Gasteiger partial charge in [0, 0.05) is 0 Å². The fourth-order valence-electron chi connectivity index (χ4n) is 1.63. The largest absolute Gasteiger partial charge is 0.360 e. The van der Waals surface area contributed by atoms with Crippen molar-refractivity contribution in [3.05, 3.63) is 47.8 Å². The lowest BCUT2D eigenvalue weighted by Gasteiger charge is -2.29. The van der Waals surface area contributed by atoms with Gasteiger partial charge >= 0.3 is 6.11 Å². The minimum atomic E-state index is -3.21. The molecular formula is C15H19F2N3O. The molecule has 0 saturated heterocycles. The Kier molecular flexibility index (Phi) is 4.37. The van der Waals surface area contributed by atoms with Gasteiger partial charge < -0.3 is 4.74 Å². The van der Waals surface area contributed by atoms with Crippen LogP contribution in [0.3, 0.4) is 0 Å². The molecule has 0 unspecified atom stereocenters. The summed E-state index contributed by atoms with van der Waals surface area (Å²) in [6.45, 7) is 4.57. The van der Waals surface area contributed by atoms with Crippen molar-refractivity contribution in [3.8, 4) is 0 Å². The number of halogens is 2. The van der Waals surface area contributed by atoms with E-state index in [4.69, 9.17) is 4.74 Å². The Morgan fingerprint density at radius 2 is 1.81 bits per heavy atom. The molecule has 1 aromatic heterocycles. The molecule has 0 spiro atoms. The smallest absolute Gasteiger partial charge is 0.313 e. The van der Waals surface area contributed by atoms with Crippen LogP contribution in [0.15, 0.2) is 36.5 Å². The molecule has 0 fully saturated rings. The number of ether oxygens (including phenoxy) is 1. The van der Waals surface area contributed by atoms with E-state index in [9.17, 15) is 8.78 Å². The van der Waals surface area contributed by atoms with Crippen molar-refractivity contribution in [1.82, 2.24) is 15.0 Å². The van der Waals surface area contributed by atoms with Crippen LogP contribution in [0.5, 0.6) is 0 Å². The molecular weight excluding hydrogens is 276 g/mol. The topological polar surface area (TPSA) is 39.9 Å². The number of nitrogens with zero attached hydrogens (tertiary/aromatic N) is 3. The Hall–Kier alpha value is -1.82. The van der Waals surface area contributed by atoms with Crippen molar-refractivity contribution >= 4 is 0 Å². The van der Waals surface area contributed by atoms with Gasteiger partial charge in [-0.1, -0.05) is 56.3 Å². The summed E-state index contributed by atoms with van der Waals surface area (Å²) in [5.74, 6) is 0. The highest BCUT2D eigenvalue weighted by atomic mass is 19.3. The van der Waals surface area contributed by atoms with Crippen LogP contribution in [0, 0.1) is 5.41 Å². The summed E-state index contributed by atoms with van der Waals surface area (Å²) in [5, 5.41) is 7.77. The maximum absolute atomic E-state index is 13.7. The molecule has 2 rings (SSSR count). The number of aromatic nitrogens is 3. The van der Waals surface area contributed by atoms with Gasteiger partial charge in [-0.25, -0.2) is 4.68 Å². The Morgan fingerprint density at radius 3 is 2.43 bits per heavy atom. The average molecular weight is 295 g/mol. The van der Waals surface area contributed by atoms with Crippen LogP contribution in [0.2, 0.25) is 0 Å². The van der Waals surface area contributed by atoms with Gasteiger partial charge in [0.1, 0.15) is 5.69 Å². The summed E-state index contributed by atoms with van der Waals surface area (Å²) < 4.78 is 33.7. The molecule has 1 aromatic carbocycles. The second kappa shape index (κ2) is 5.89. The molecule has 0 radical (unpaired) electrons. The summed E-state index contributed by atoms with van der Waals surface area (Å²) in [6.07, 6.45) is -1.60. The third-order valence-electron chi connectivity index (χ3n) is 3.05. The molecule has 4 nitrogen and oxygen atoms in total. The number of hydrogen-bond donors (Lipinski definition) is 0. The first-order chi connectivity index (χ1) is 9.78. The van der Waals surface area contributed by atoms with Crippen molar-refractivity contribution in [1.29, 1.82) is 0 Å². The van der Waals surface area contributed by atoms with Crippen molar-refractivity contribution < 1.29 is 13.5 Å². The Balaban J connectivity index is 1.95. The average Bonchev–Trinajstić information content (AvgIpc) is 2.84. The van der Waals surface area contributed by atoms with E-state index in [1.807, 2.05) is 30.3 Å². The molecule has 21 heavy (non-hydrogen) atoms. The lowest BCUT2D eigenvalue weighted by Crippen LogP contribution is -2.36. The maximum Gasteiger partial charge on any atom is 0.360 e. The number of hydrogen-bond acceptors (Lipinski definition) is 3. The fraction of sp³-hybridized carbons (Fsp3) is 0.467. The van der Waals surface area contributed by atoms with E-state index >= 15 is 0 Å². The highest BCUT2D eigenvalue weighted by Crippen LogP contribution is 2.37.